The van der Waals surface area contributed by atoms with Crippen molar-refractivity contribution in [2.45, 2.75) is 39.2 Å². The van der Waals surface area contributed by atoms with Gasteiger partial charge >= 0.3 is 0 Å². The summed E-state index contributed by atoms with van der Waals surface area (Å²) in [4.78, 5) is 2.76. The molecule has 17 heavy (non-hydrogen) atoms. The molecule has 0 aromatic carbocycles. The molecule has 2 rings (SSSR count). The summed E-state index contributed by atoms with van der Waals surface area (Å²) in [6, 6.07) is 0.892. The first kappa shape index (κ1) is 13.7. The van der Waals surface area contributed by atoms with Crippen LogP contribution in [0.25, 0.3) is 0 Å². The highest BCUT2D eigenvalue weighted by molar-refractivity contribution is 7.99. The number of rotatable bonds is 5. The molecule has 1 N–H and O–H groups in total. The first-order valence-electron chi connectivity index (χ1n) is 7.28. The molecular formula is C14H28N2S. The molecule has 0 aromatic heterocycles. The number of hydrogen-bond donors (Lipinski definition) is 1. The van der Waals surface area contributed by atoms with Crippen molar-refractivity contribution in [2.24, 2.45) is 11.8 Å². The Morgan fingerprint density at radius 3 is 2.94 bits per heavy atom. The second-order valence-electron chi connectivity index (χ2n) is 6.07. The number of nitrogens with one attached hydrogen (secondary N) is 1. The SMILES string of the molecule is CC(C)CNCC1CCN(C2CCCSC2)C1. The maximum absolute atomic E-state index is 3.62. The highest BCUT2D eigenvalue weighted by Crippen LogP contribution is 2.26. The molecule has 100 valence electrons. The van der Waals surface area contributed by atoms with Crippen LogP contribution < -0.4 is 5.32 Å². The summed E-state index contributed by atoms with van der Waals surface area (Å²) in [5.41, 5.74) is 0. The van der Waals surface area contributed by atoms with Gasteiger partial charge in [0.25, 0.3) is 0 Å². The van der Waals surface area contributed by atoms with E-state index in [2.05, 4.69) is 35.8 Å². The second kappa shape index (κ2) is 7.01. The Hall–Kier alpha value is 0.270. The van der Waals surface area contributed by atoms with Crippen molar-refractivity contribution < 1.29 is 0 Å². The van der Waals surface area contributed by atoms with Crippen LogP contribution in [0.4, 0.5) is 0 Å². The van der Waals surface area contributed by atoms with E-state index in [0.29, 0.717) is 0 Å². The average Bonchev–Trinajstić information content (AvgIpc) is 2.78. The van der Waals surface area contributed by atoms with E-state index in [9.17, 15) is 0 Å². The van der Waals surface area contributed by atoms with E-state index >= 15 is 0 Å². The molecule has 0 amide bonds. The fourth-order valence-electron chi connectivity index (χ4n) is 2.95. The predicted molar refractivity (Wildman–Crippen MR) is 77.7 cm³/mol. The van der Waals surface area contributed by atoms with Crippen molar-refractivity contribution in [3.8, 4) is 0 Å². The Morgan fingerprint density at radius 1 is 1.35 bits per heavy atom. The van der Waals surface area contributed by atoms with Crippen LogP contribution in [0.3, 0.4) is 0 Å². The third-order valence-corrected chi connectivity index (χ3v) is 5.15. The summed E-state index contributed by atoms with van der Waals surface area (Å²) < 4.78 is 0. The van der Waals surface area contributed by atoms with Gasteiger partial charge in [0.15, 0.2) is 0 Å². The molecule has 0 aliphatic carbocycles. The molecule has 0 aromatic rings. The van der Waals surface area contributed by atoms with Crippen molar-refractivity contribution in [1.29, 1.82) is 0 Å². The molecule has 2 heterocycles. The first-order valence-corrected chi connectivity index (χ1v) is 8.43. The van der Waals surface area contributed by atoms with Crippen LogP contribution in [-0.2, 0) is 0 Å². The Kier molecular flexibility index (Phi) is 5.64. The molecule has 2 atom stereocenters. The molecule has 2 fully saturated rings. The standard InChI is InChI=1S/C14H28N2S/c1-12(2)8-15-9-13-5-6-16(10-13)14-4-3-7-17-11-14/h12-15H,3-11H2,1-2H3. The van der Waals surface area contributed by atoms with Gasteiger partial charge in [-0.1, -0.05) is 13.8 Å². The van der Waals surface area contributed by atoms with Gasteiger partial charge in [0.2, 0.25) is 0 Å². The molecule has 2 nitrogen and oxygen atoms in total. The highest BCUT2D eigenvalue weighted by Gasteiger charge is 2.28. The van der Waals surface area contributed by atoms with Crippen LogP contribution in [-0.4, -0.2) is 48.6 Å². The van der Waals surface area contributed by atoms with Crippen molar-refractivity contribution in [1.82, 2.24) is 10.2 Å². The third kappa shape index (κ3) is 4.46. The smallest absolute Gasteiger partial charge is 0.0186 e. The third-order valence-electron chi connectivity index (χ3n) is 3.96. The van der Waals surface area contributed by atoms with E-state index in [4.69, 9.17) is 0 Å². The quantitative estimate of drug-likeness (QED) is 0.813. The summed E-state index contributed by atoms with van der Waals surface area (Å²) >= 11 is 2.16. The number of nitrogens with zero attached hydrogens (tertiary/aromatic N) is 1. The lowest BCUT2D eigenvalue weighted by Crippen LogP contribution is -2.38. The predicted octanol–water partition coefficient (Wildman–Crippen LogP) is 2.45. The highest BCUT2D eigenvalue weighted by atomic mass is 32.2. The van der Waals surface area contributed by atoms with Crippen molar-refractivity contribution in [2.75, 3.05) is 37.7 Å². The van der Waals surface area contributed by atoms with Gasteiger partial charge in [-0.3, -0.25) is 4.90 Å². The minimum atomic E-state index is 0.780. The van der Waals surface area contributed by atoms with Gasteiger partial charge < -0.3 is 5.32 Å². The van der Waals surface area contributed by atoms with Crippen LogP contribution in [0.15, 0.2) is 0 Å². The molecule has 2 aliphatic heterocycles. The fraction of sp³-hybridized carbons (Fsp3) is 1.00. The first-order chi connectivity index (χ1) is 8.25. The second-order valence-corrected chi connectivity index (χ2v) is 7.22. The van der Waals surface area contributed by atoms with Crippen molar-refractivity contribution >= 4 is 11.8 Å². The summed E-state index contributed by atoms with van der Waals surface area (Å²) in [7, 11) is 0. The Bertz CT molecular complexity index is 214. The molecule has 2 unspecified atom stereocenters. The zero-order valence-corrected chi connectivity index (χ0v) is 12.3. The minimum absolute atomic E-state index is 0.780. The van der Waals surface area contributed by atoms with E-state index in [0.717, 1.165) is 17.9 Å². The topological polar surface area (TPSA) is 15.3 Å². The lowest BCUT2D eigenvalue weighted by molar-refractivity contribution is 0.237. The summed E-state index contributed by atoms with van der Waals surface area (Å²) in [5, 5.41) is 3.62. The number of likely N-dealkylation sites (tertiary alicyclic amines) is 1. The molecule has 0 saturated carbocycles. The fourth-order valence-corrected chi connectivity index (χ4v) is 4.14. The van der Waals surface area contributed by atoms with Crippen molar-refractivity contribution in [3.05, 3.63) is 0 Å². The molecule has 3 heteroatoms. The summed E-state index contributed by atoms with van der Waals surface area (Å²) in [5.74, 6) is 4.46. The van der Waals surface area contributed by atoms with Gasteiger partial charge in [0.05, 0.1) is 0 Å². The molecule has 0 spiro atoms. The van der Waals surface area contributed by atoms with Gasteiger partial charge in [0, 0.05) is 18.3 Å². The van der Waals surface area contributed by atoms with E-state index in [-0.39, 0.29) is 0 Å². The zero-order chi connectivity index (χ0) is 12.1. The summed E-state index contributed by atoms with van der Waals surface area (Å²) in [6.07, 6.45) is 4.29. The van der Waals surface area contributed by atoms with Crippen LogP contribution in [0.1, 0.15) is 33.1 Å². The molecule has 0 bridgehead atoms. The van der Waals surface area contributed by atoms with Gasteiger partial charge in [-0.2, -0.15) is 11.8 Å². The maximum Gasteiger partial charge on any atom is 0.0186 e. The van der Waals surface area contributed by atoms with Crippen LogP contribution in [0.5, 0.6) is 0 Å². The number of thioether (sulfide) groups is 1. The van der Waals surface area contributed by atoms with Crippen LogP contribution in [0.2, 0.25) is 0 Å². The number of hydrogen-bond acceptors (Lipinski definition) is 3. The van der Waals surface area contributed by atoms with Gasteiger partial charge in [-0.15, -0.1) is 0 Å². The van der Waals surface area contributed by atoms with E-state index in [1.165, 1.54) is 56.9 Å². The van der Waals surface area contributed by atoms with Gasteiger partial charge in [0.1, 0.15) is 0 Å². The molecule has 2 saturated heterocycles. The van der Waals surface area contributed by atoms with E-state index in [1.807, 2.05) is 0 Å². The molecule has 2 aliphatic rings. The average molecular weight is 256 g/mol. The largest absolute Gasteiger partial charge is 0.316 e. The van der Waals surface area contributed by atoms with Gasteiger partial charge in [-0.05, 0) is 56.5 Å². The lowest BCUT2D eigenvalue weighted by atomic mass is 10.1. The van der Waals surface area contributed by atoms with Gasteiger partial charge in [-0.25, -0.2) is 0 Å². The Labute approximate surface area is 111 Å². The van der Waals surface area contributed by atoms with Crippen LogP contribution in [0, 0.1) is 11.8 Å². The minimum Gasteiger partial charge on any atom is -0.316 e. The normalized spacial score (nSPS) is 31.2. The lowest BCUT2D eigenvalue weighted by Gasteiger charge is -2.30. The molecular weight excluding hydrogens is 228 g/mol. The zero-order valence-electron chi connectivity index (χ0n) is 11.5. The Morgan fingerprint density at radius 2 is 2.24 bits per heavy atom. The monoisotopic (exact) mass is 256 g/mol. The Balaban J connectivity index is 1.64. The molecule has 0 radical (unpaired) electrons. The van der Waals surface area contributed by atoms with E-state index < -0.39 is 0 Å². The van der Waals surface area contributed by atoms with Crippen molar-refractivity contribution in [3.63, 3.8) is 0 Å². The van der Waals surface area contributed by atoms with E-state index in [1.54, 1.807) is 0 Å². The maximum atomic E-state index is 3.62. The van der Waals surface area contributed by atoms with Crippen LogP contribution >= 0.6 is 11.8 Å². The summed E-state index contributed by atoms with van der Waals surface area (Å²) in [6.45, 7) is 9.67.